The molecule has 0 radical (unpaired) electrons. The van der Waals surface area contributed by atoms with E-state index in [1.54, 1.807) is 40.5 Å². The van der Waals surface area contributed by atoms with Crippen molar-refractivity contribution in [1.82, 2.24) is 4.13 Å². The summed E-state index contributed by atoms with van der Waals surface area (Å²) in [5.74, 6) is -0.260. The molecule has 0 saturated heterocycles. The van der Waals surface area contributed by atoms with Crippen LogP contribution in [0, 0.1) is 0 Å². The van der Waals surface area contributed by atoms with Gasteiger partial charge in [0.05, 0.1) is 9.79 Å². The first kappa shape index (κ1) is 19.0. The highest BCUT2D eigenvalue weighted by Gasteiger charge is 2.24. The molecular formula is C19H15NO5S2. The van der Waals surface area contributed by atoms with Gasteiger partial charge in [-0.2, -0.15) is 0 Å². The highest BCUT2D eigenvalue weighted by molar-refractivity contribution is 8.04. The molecule has 3 aromatic carbocycles. The van der Waals surface area contributed by atoms with Crippen LogP contribution in [0.15, 0.2) is 94.7 Å². The topological polar surface area (TPSA) is 97.4 Å². The van der Waals surface area contributed by atoms with E-state index >= 15 is 0 Å². The monoisotopic (exact) mass is 401 g/mol. The average Bonchev–Trinajstić information content (AvgIpc) is 2.68. The summed E-state index contributed by atoms with van der Waals surface area (Å²) in [6, 6.07) is 20.8. The van der Waals surface area contributed by atoms with Crippen LogP contribution in [0.2, 0.25) is 0 Å². The maximum atomic E-state index is 12.4. The van der Waals surface area contributed by atoms with Gasteiger partial charge >= 0.3 is 0 Å². The van der Waals surface area contributed by atoms with E-state index in [0.29, 0.717) is 11.1 Å². The first-order valence-electron chi connectivity index (χ1n) is 7.83. The van der Waals surface area contributed by atoms with Gasteiger partial charge in [0.25, 0.3) is 20.0 Å². The number of hydrogen-bond donors (Lipinski definition) is 1. The van der Waals surface area contributed by atoms with E-state index in [-0.39, 0.29) is 15.6 Å². The van der Waals surface area contributed by atoms with E-state index < -0.39 is 20.0 Å². The average molecular weight is 401 g/mol. The maximum Gasteiger partial charge on any atom is 0.253 e. The van der Waals surface area contributed by atoms with Crippen molar-refractivity contribution in [3.05, 3.63) is 96.1 Å². The van der Waals surface area contributed by atoms with E-state index in [0.717, 1.165) is 0 Å². The Morgan fingerprint density at radius 3 is 1.48 bits per heavy atom. The number of hydrogen-bond acceptors (Lipinski definition) is 5. The van der Waals surface area contributed by atoms with E-state index in [1.807, 2.05) is 0 Å². The standard InChI is InChI=1S/C19H15NO5S2/c21-19(15-7-3-1-4-8-15)16-11-13-18(14-12-16)27(24,25)20-26(22,23)17-9-5-2-6-10-17/h1-14,20H. The summed E-state index contributed by atoms with van der Waals surface area (Å²) in [6.45, 7) is 0. The van der Waals surface area contributed by atoms with Crippen molar-refractivity contribution in [2.75, 3.05) is 0 Å². The van der Waals surface area contributed by atoms with Crippen molar-refractivity contribution in [3.8, 4) is 0 Å². The lowest BCUT2D eigenvalue weighted by atomic mass is 10.0. The van der Waals surface area contributed by atoms with E-state index in [9.17, 15) is 21.6 Å². The zero-order valence-corrected chi connectivity index (χ0v) is 15.6. The highest BCUT2D eigenvalue weighted by Crippen LogP contribution is 2.16. The van der Waals surface area contributed by atoms with Crippen molar-refractivity contribution < 1.29 is 21.6 Å². The van der Waals surface area contributed by atoms with Crippen LogP contribution < -0.4 is 4.13 Å². The Hall–Kier alpha value is -2.81. The molecule has 0 fully saturated rings. The molecule has 0 spiro atoms. The van der Waals surface area contributed by atoms with Gasteiger partial charge in [-0.15, -0.1) is 4.13 Å². The van der Waals surface area contributed by atoms with Crippen LogP contribution in [0.3, 0.4) is 0 Å². The quantitative estimate of drug-likeness (QED) is 0.640. The predicted molar refractivity (Wildman–Crippen MR) is 100 cm³/mol. The van der Waals surface area contributed by atoms with Crippen molar-refractivity contribution >= 4 is 25.8 Å². The lowest BCUT2D eigenvalue weighted by molar-refractivity contribution is 0.103. The summed E-state index contributed by atoms with van der Waals surface area (Å²) in [4.78, 5) is 11.9. The van der Waals surface area contributed by atoms with Crippen LogP contribution >= 0.6 is 0 Å². The molecule has 3 aromatic rings. The molecule has 0 heterocycles. The molecule has 0 aliphatic heterocycles. The van der Waals surface area contributed by atoms with E-state index in [2.05, 4.69) is 0 Å². The van der Waals surface area contributed by atoms with Crippen LogP contribution in [0.25, 0.3) is 0 Å². The van der Waals surface area contributed by atoms with E-state index in [1.165, 1.54) is 48.5 Å². The number of rotatable bonds is 6. The lowest BCUT2D eigenvalue weighted by Gasteiger charge is -2.08. The molecule has 0 aromatic heterocycles. The molecule has 6 nitrogen and oxygen atoms in total. The molecule has 0 aliphatic rings. The zero-order chi connectivity index (χ0) is 19.5. The fourth-order valence-electron chi connectivity index (χ4n) is 2.38. The number of benzene rings is 3. The minimum absolute atomic E-state index is 0.163. The van der Waals surface area contributed by atoms with Gasteiger partial charge in [-0.3, -0.25) is 4.79 Å². The first-order valence-corrected chi connectivity index (χ1v) is 10.8. The largest absolute Gasteiger partial charge is 0.289 e. The number of nitrogens with one attached hydrogen (secondary N) is 1. The Morgan fingerprint density at radius 1 is 0.556 bits per heavy atom. The summed E-state index contributed by atoms with van der Waals surface area (Å²) >= 11 is 0. The molecule has 3 rings (SSSR count). The molecule has 0 saturated carbocycles. The number of carbonyl (C=O) groups is 1. The number of ketones is 1. The molecule has 8 heteroatoms. The number of sulfonamides is 2. The summed E-state index contributed by atoms with van der Waals surface area (Å²) in [6.07, 6.45) is 0. The molecule has 138 valence electrons. The van der Waals surface area contributed by atoms with Gasteiger partial charge in [0.1, 0.15) is 0 Å². The second kappa shape index (κ2) is 7.43. The molecule has 0 atom stereocenters. The smallest absolute Gasteiger partial charge is 0.253 e. The third-order valence-electron chi connectivity index (χ3n) is 3.74. The predicted octanol–water partition coefficient (Wildman–Crippen LogP) is 2.58. The van der Waals surface area contributed by atoms with Gasteiger partial charge in [0.2, 0.25) is 0 Å². The summed E-state index contributed by atoms with van der Waals surface area (Å²) in [5, 5.41) is 0. The molecule has 27 heavy (non-hydrogen) atoms. The maximum absolute atomic E-state index is 12.4. The third-order valence-corrected chi connectivity index (χ3v) is 7.28. The van der Waals surface area contributed by atoms with Gasteiger partial charge in [-0.25, -0.2) is 16.8 Å². The lowest BCUT2D eigenvalue weighted by Crippen LogP contribution is -2.30. The van der Waals surface area contributed by atoms with Gasteiger partial charge in [0.15, 0.2) is 5.78 Å². The van der Waals surface area contributed by atoms with Crippen molar-refractivity contribution in [2.45, 2.75) is 9.79 Å². The van der Waals surface area contributed by atoms with Crippen LogP contribution in [0.1, 0.15) is 15.9 Å². The van der Waals surface area contributed by atoms with Crippen LogP contribution in [0.5, 0.6) is 0 Å². The fourth-order valence-corrected chi connectivity index (χ4v) is 5.32. The minimum Gasteiger partial charge on any atom is -0.289 e. The second-order valence-electron chi connectivity index (χ2n) is 5.62. The summed E-state index contributed by atoms with van der Waals surface area (Å²) in [5.41, 5.74) is 0.768. The first-order chi connectivity index (χ1) is 12.8. The number of carbonyl (C=O) groups excluding carboxylic acids is 1. The van der Waals surface area contributed by atoms with Crippen molar-refractivity contribution in [3.63, 3.8) is 0 Å². The Labute approximate surface area is 157 Å². The molecule has 0 amide bonds. The Bertz CT molecular complexity index is 1160. The summed E-state index contributed by atoms with van der Waals surface area (Å²) < 4.78 is 51.0. The Morgan fingerprint density at radius 2 is 0.963 bits per heavy atom. The van der Waals surface area contributed by atoms with Crippen LogP contribution in [-0.2, 0) is 20.0 Å². The van der Waals surface area contributed by atoms with Gasteiger partial charge < -0.3 is 0 Å². The Kier molecular flexibility index (Phi) is 5.22. The molecular weight excluding hydrogens is 386 g/mol. The van der Waals surface area contributed by atoms with Gasteiger partial charge in [-0.1, -0.05) is 48.5 Å². The SMILES string of the molecule is O=C(c1ccccc1)c1ccc(S(=O)(=O)NS(=O)(=O)c2ccccc2)cc1. The molecule has 0 unspecified atom stereocenters. The van der Waals surface area contributed by atoms with Crippen LogP contribution in [-0.4, -0.2) is 22.6 Å². The summed E-state index contributed by atoms with van der Waals surface area (Å²) in [7, 11) is -8.56. The molecule has 0 bridgehead atoms. The molecule has 0 aliphatic carbocycles. The molecule has 1 N–H and O–H groups in total. The van der Waals surface area contributed by atoms with Gasteiger partial charge in [0, 0.05) is 11.1 Å². The van der Waals surface area contributed by atoms with Crippen molar-refractivity contribution in [1.29, 1.82) is 0 Å². The fraction of sp³-hybridized carbons (Fsp3) is 0. The minimum atomic E-state index is -4.32. The highest BCUT2D eigenvalue weighted by atomic mass is 32.3. The van der Waals surface area contributed by atoms with Crippen molar-refractivity contribution in [2.24, 2.45) is 0 Å². The normalized spacial score (nSPS) is 11.9. The van der Waals surface area contributed by atoms with Gasteiger partial charge in [-0.05, 0) is 36.4 Å². The second-order valence-corrected chi connectivity index (χ2v) is 9.25. The van der Waals surface area contributed by atoms with E-state index in [4.69, 9.17) is 0 Å². The Balaban J connectivity index is 1.85. The third kappa shape index (κ3) is 4.30. The van der Waals surface area contributed by atoms with Crippen LogP contribution in [0.4, 0.5) is 0 Å². The zero-order valence-electron chi connectivity index (χ0n) is 13.9.